The molecule has 2 aliphatic rings. The number of thioether (sulfide) groups is 1. The van der Waals surface area contributed by atoms with Gasteiger partial charge in [0.15, 0.2) is 5.96 Å². The normalized spacial score (nSPS) is 22.2. The molecule has 0 bridgehead atoms. The van der Waals surface area contributed by atoms with Crippen LogP contribution in [0.1, 0.15) is 39.0 Å². The fourth-order valence-corrected chi connectivity index (χ4v) is 4.67. The first-order valence-corrected chi connectivity index (χ1v) is 8.56. The first-order chi connectivity index (χ1) is 9.29. The molecular formula is C15H28IN3S. The van der Waals surface area contributed by atoms with Crippen LogP contribution in [0.15, 0.2) is 17.6 Å². The third kappa shape index (κ3) is 4.83. The number of hydrogen-bond acceptors (Lipinski definition) is 2. The minimum absolute atomic E-state index is 0. The van der Waals surface area contributed by atoms with Gasteiger partial charge >= 0.3 is 0 Å². The van der Waals surface area contributed by atoms with Crippen LogP contribution >= 0.6 is 35.7 Å². The van der Waals surface area contributed by atoms with Crippen molar-refractivity contribution in [1.29, 1.82) is 0 Å². The second-order valence-electron chi connectivity index (χ2n) is 5.50. The zero-order valence-corrected chi connectivity index (χ0v) is 15.7. The van der Waals surface area contributed by atoms with Crippen LogP contribution in [-0.2, 0) is 0 Å². The quantitative estimate of drug-likeness (QED) is 0.335. The Kier molecular flexibility index (Phi) is 8.32. The Balaban J connectivity index is 0.00000200. The highest BCUT2D eigenvalue weighted by Gasteiger charge is 2.38. The maximum absolute atomic E-state index is 4.64. The van der Waals surface area contributed by atoms with Gasteiger partial charge in [-0.05, 0) is 19.8 Å². The summed E-state index contributed by atoms with van der Waals surface area (Å²) in [4.78, 5) is 7.10. The second kappa shape index (κ2) is 9.18. The molecule has 0 atom stereocenters. The molecule has 1 N–H and O–H groups in total. The van der Waals surface area contributed by atoms with Crippen molar-refractivity contribution in [2.45, 2.75) is 43.8 Å². The zero-order valence-electron chi connectivity index (χ0n) is 12.6. The summed E-state index contributed by atoms with van der Waals surface area (Å²) < 4.78 is 0.501. The molecule has 2 fully saturated rings. The van der Waals surface area contributed by atoms with Crippen molar-refractivity contribution < 1.29 is 0 Å². The highest BCUT2D eigenvalue weighted by Crippen LogP contribution is 2.42. The van der Waals surface area contributed by atoms with Crippen molar-refractivity contribution in [2.24, 2.45) is 4.99 Å². The van der Waals surface area contributed by atoms with Crippen LogP contribution in [0.25, 0.3) is 0 Å². The minimum atomic E-state index is 0. The first kappa shape index (κ1) is 18.1. The van der Waals surface area contributed by atoms with Crippen LogP contribution < -0.4 is 5.32 Å². The fraction of sp³-hybridized carbons (Fsp3) is 0.800. The molecule has 1 spiro atoms. The van der Waals surface area contributed by atoms with Crippen LogP contribution in [0.4, 0.5) is 0 Å². The van der Waals surface area contributed by atoms with Crippen LogP contribution in [0.2, 0.25) is 0 Å². The van der Waals surface area contributed by atoms with Crippen LogP contribution in [0.5, 0.6) is 0 Å². The molecule has 1 aliphatic heterocycles. The zero-order chi connectivity index (χ0) is 13.6. The monoisotopic (exact) mass is 409 g/mol. The average Bonchev–Trinajstić information content (AvgIpc) is 2.44. The first-order valence-electron chi connectivity index (χ1n) is 7.58. The van der Waals surface area contributed by atoms with E-state index in [1.54, 1.807) is 0 Å². The highest BCUT2D eigenvalue weighted by atomic mass is 127. The molecule has 1 saturated heterocycles. The fourth-order valence-electron chi connectivity index (χ4n) is 3.10. The van der Waals surface area contributed by atoms with Crippen molar-refractivity contribution in [1.82, 2.24) is 10.2 Å². The van der Waals surface area contributed by atoms with E-state index in [1.807, 2.05) is 6.08 Å². The summed E-state index contributed by atoms with van der Waals surface area (Å²) in [6.07, 6.45) is 8.87. The van der Waals surface area contributed by atoms with E-state index in [1.165, 1.54) is 44.4 Å². The van der Waals surface area contributed by atoms with E-state index < -0.39 is 0 Å². The average molecular weight is 409 g/mol. The summed E-state index contributed by atoms with van der Waals surface area (Å²) in [6.45, 7) is 9.83. The summed E-state index contributed by atoms with van der Waals surface area (Å²) in [5, 5.41) is 3.43. The summed E-state index contributed by atoms with van der Waals surface area (Å²) in [7, 11) is 0. The lowest BCUT2D eigenvalue weighted by atomic mass is 9.87. The number of rotatable bonds is 3. The molecule has 0 amide bonds. The van der Waals surface area contributed by atoms with Gasteiger partial charge in [-0.15, -0.1) is 30.6 Å². The predicted molar refractivity (Wildman–Crippen MR) is 101 cm³/mol. The lowest BCUT2D eigenvalue weighted by Gasteiger charge is -2.45. The Labute approximate surface area is 145 Å². The number of nitrogens with one attached hydrogen (secondary N) is 1. The van der Waals surface area contributed by atoms with Gasteiger partial charge in [-0.2, -0.15) is 11.8 Å². The number of aliphatic imine (C=N–C) groups is 1. The van der Waals surface area contributed by atoms with Crippen molar-refractivity contribution in [2.75, 3.05) is 31.9 Å². The second-order valence-corrected chi connectivity index (χ2v) is 7.06. The maximum Gasteiger partial charge on any atom is 0.194 e. The molecule has 1 saturated carbocycles. The topological polar surface area (TPSA) is 27.6 Å². The lowest BCUT2D eigenvalue weighted by molar-refractivity contribution is 0.293. The third-order valence-electron chi connectivity index (χ3n) is 4.02. The summed E-state index contributed by atoms with van der Waals surface area (Å²) in [5.74, 6) is 2.31. The van der Waals surface area contributed by atoms with E-state index in [4.69, 9.17) is 0 Å². The van der Waals surface area contributed by atoms with E-state index in [0.29, 0.717) is 11.3 Å². The Morgan fingerprint density at radius 3 is 2.80 bits per heavy atom. The maximum atomic E-state index is 4.64. The summed E-state index contributed by atoms with van der Waals surface area (Å²) >= 11 is 2.20. The molecule has 116 valence electrons. The molecular weight excluding hydrogens is 381 g/mol. The lowest BCUT2D eigenvalue weighted by Crippen LogP contribution is -2.53. The SMILES string of the molecule is C=CCN=C(NCC)N1CCSC2(CCCCC2)C1.I. The van der Waals surface area contributed by atoms with Crippen molar-refractivity contribution in [3.8, 4) is 0 Å². The van der Waals surface area contributed by atoms with Gasteiger partial charge in [-0.25, -0.2) is 4.99 Å². The van der Waals surface area contributed by atoms with E-state index in [0.717, 1.165) is 19.0 Å². The van der Waals surface area contributed by atoms with Crippen molar-refractivity contribution >= 4 is 41.7 Å². The molecule has 0 radical (unpaired) electrons. The summed E-state index contributed by atoms with van der Waals surface area (Å²) in [5.41, 5.74) is 0. The van der Waals surface area contributed by atoms with Gasteiger partial charge in [-0.3, -0.25) is 0 Å². The Morgan fingerprint density at radius 1 is 1.40 bits per heavy atom. The number of halogens is 1. The predicted octanol–water partition coefficient (Wildman–Crippen LogP) is 3.51. The highest BCUT2D eigenvalue weighted by molar-refractivity contribution is 14.0. The van der Waals surface area contributed by atoms with Gasteiger partial charge < -0.3 is 10.2 Å². The van der Waals surface area contributed by atoms with E-state index in [-0.39, 0.29) is 24.0 Å². The van der Waals surface area contributed by atoms with Crippen molar-refractivity contribution in [3.63, 3.8) is 0 Å². The van der Waals surface area contributed by atoms with Gasteiger partial charge in [-0.1, -0.05) is 25.3 Å². The van der Waals surface area contributed by atoms with E-state index in [9.17, 15) is 0 Å². The molecule has 1 heterocycles. The number of nitrogens with zero attached hydrogens (tertiary/aromatic N) is 2. The van der Waals surface area contributed by atoms with Crippen molar-refractivity contribution in [3.05, 3.63) is 12.7 Å². The van der Waals surface area contributed by atoms with Gasteiger partial charge in [0.05, 0.1) is 6.54 Å². The van der Waals surface area contributed by atoms with Gasteiger partial charge in [0.2, 0.25) is 0 Å². The Morgan fingerprint density at radius 2 is 2.15 bits per heavy atom. The van der Waals surface area contributed by atoms with Gasteiger partial charge in [0, 0.05) is 30.1 Å². The summed E-state index contributed by atoms with van der Waals surface area (Å²) in [6, 6.07) is 0. The standard InChI is InChI=1S/C15H27N3S.HI/c1-3-10-17-14(16-4-2)18-11-12-19-15(13-18)8-6-5-7-9-15;/h3H,1,4-13H2,2H3,(H,16,17);1H. The van der Waals surface area contributed by atoms with E-state index >= 15 is 0 Å². The Hall–Kier alpha value is 0.0900. The molecule has 20 heavy (non-hydrogen) atoms. The van der Waals surface area contributed by atoms with E-state index in [2.05, 4.69) is 40.5 Å². The third-order valence-corrected chi connectivity index (χ3v) is 5.55. The molecule has 2 rings (SSSR count). The molecule has 1 aliphatic carbocycles. The number of hydrogen-bond donors (Lipinski definition) is 1. The largest absolute Gasteiger partial charge is 0.357 e. The minimum Gasteiger partial charge on any atom is -0.357 e. The molecule has 0 aromatic heterocycles. The van der Waals surface area contributed by atoms with Crippen LogP contribution in [-0.4, -0.2) is 47.5 Å². The van der Waals surface area contributed by atoms with Gasteiger partial charge in [0.25, 0.3) is 0 Å². The van der Waals surface area contributed by atoms with Crippen LogP contribution in [0.3, 0.4) is 0 Å². The van der Waals surface area contributed by atoms with Crippen LogP contribution in [0, 0.1) is 0 Å². The molecule has 0 aromatic rings. The van der Waals surface area contributed by atoms with Gasteiger partial charge in [0.1, 0.15) is 0 Å². The smallest absolute Gasteiger partial charge is 0.194 e. The Bertz CT molecular complexity index is 322. The number of guanidine groups is 1. The molecule has 5 heteroatoms. The molecule has 0 aromatic carbocycles. The molecule has 0 unspecified atom stereocenters. The molecule has 3 nitrogen and oxygen atoms in total.